The van der Waals surface area contributed by atoms with E-state index in [2.05, 4.69) is 5.32 Å². The Kier molecular flexibility index (Phi) is 5.24. The number of benzene rings is 1. The summed E-state index contributed by atoms with van der Waals surface area (Å²) in [6.45, 7) is 6.22. The van der Waals surface area contributed by atoms with Crippen LogP contribution < -0.4 is 14.8 Å². The number of amides is 1. The average molecular weight is 249 g/mol. The second-order valence-electron chi connectivity index (χ2n) is 4.01. The summed E-state index contributed by atoms with van der Waals surface area (Å²) in [5, 5.41) is 2.77. The van der Waals surface area contributed by atoms with Crippen LogP contribution in [0, 0.1) is 0 Å². The van der Waals surface area contributed by atoms with Gasteiger partial charge in [-0.05, 0) is 32.9 Å². The first kappa shape index (κ1) is 14.1. The van der Waals surface area contributed by atoms with E-state index in [0.29, 0.717) is 23.8 Å². The highest BCUT2D eigenvalue weighted by atomic mass is 16.5. The standard InChI is InChI=1S/C14H19NO3/c1-5-18-12-7-6-11(9-13(12)17-4)15-14(16)8-10(2)3/h6-9H,5H2,1-4H3,(H,15,16). The lowest BCUT2D eigenvalue weighted by Crippen LogP contribution is -2.08. The van der Waals surface area contributed by atoms with Crippen LogP contribution in [0.25, 0.3) is 0 Å². The first-order valence-corrected chi connectivity index (χ1v) is 5.83. The Morgan fingerprint density at radius 3 is 2.61 bits per heavy atom. The van der Waals surface area contributed by atoms with Crippen molar-refractivity contribution < 1.29 is 14.3 Å². The van der Waals surface area contributed by atoms with Crippen LogP contribution in [0.3, 0.4) is 0 Å². The summed E-state index contributed by atoms with van der Waals surface area (Å²) < 4.78 is 10.6. The maximum absolute atomic E-state index is 11.6. The summed E-state index contributed by atoms with van der Waals surface area (Å²) in [7, 11) is 1.57. The molecule has 1 rings (SSSR count). The highest BCUT2D eigenvalue weighted by Gasteiger charge is 2.06. The molecular formula is C14H19NO3. The van der Waals surface area contributed by atoms with Crippen LogP contribution in [-0.4, -0.2) is 19.6 Å². The first-order valence-electron chi connectivity index (χ1n) is 5.83. The molecule has 0 aromatic heterocycles. The minimum atomic E-state index is -0.152. The highest BCUT2D eigenvalue weighted by Crippen LogP contribution is 2.30. The first-order chi connectivity index (χ1) is 8.56. The molecule has 4 nitrogen and oxygen atoms in total. The molecule has 1 N–H and O–H groups in total. The van der Waals surface area contributed by atoms with E-state index in [1.807, 2.05) is 20.8 Å². The molecule has 0 spiro atoms. The van der Waals surface area contributed by atoms with Crippen LogP contribution in [0.5, 0.6) is 11.5 Å². The maximum Gasteiger partial charge on any atom is 0.248 e. The number of hydrogen-bond acceptors (Lipinski definition) is 3. The third kappa shape index (κ3) is 4.13. The van der Waals surface area contributed by atoms with E-state index in [1.54, 1.807) is 31.4 Å². The van der Waals surface area contributed by atoms with Gasteiger partial charge in [-0.2, -0.15) is 0 Å². The van der Waals surface area contributed by atoms with Gasteiger partial charge in [-0.15, -0.1) is 0 Å². The predicted molar refractivity (Wildman–Crippen MR) is 72.2 cm³/mol. The molecule has 0 heterocycles. The molecule has 18 heavy (non-hydrogen) atoms. The number of anilines is 1. The molecule has 0 atom stereocenters. The van der Waals surface area contributed by atoms with Crippen molar-refractivity contribution in [3.63, 3.8) is 0 Å². The molecule has 0 unspecified atom stereocenters. The quantitative estimate of drug-likeness (QED) is 0.816. The summed E-state index contributed by atoms with van der Waals surface area (Å²) in [5.74, 6) is 1.12. The average Bonchev–Trinajstić information content (AvgIpc) is 2.30. The van der Waals surface area contributed by atoms with Gasteiger partial charge in [0.05, 0.1) is 13.7 Å². The Balaban J connectivity index is 2.85. The van der Waals surface area contributed by atoms with Crippen molar-refractivity contribution in [2.75, 3.05) is 19.0 Å². The lowest BCUT2D eigenvalue weighted by atomic mass is 10.2. The van der Waals surface area contributed by atoms with Gasteiger partial charge in [-0.25, -0.2) is 0 Å². The summed E-state index contributed by atoms with van der Waals surface area (Å²) in [4.78, 5) is 11.6. The van der Waals surface area contributed by atoms with Gasteiger partial charge < -0.3 is 14.8 Å². The van der Waals surface area contributed by atoms with Crippen LogP contribution >= 0.6 is 0 Å². The molecule has 1 amide bonds. The number of nitrogens with one attached hydrogen (secondary N) is 1. The van der Waals surface area contributed by atoms with E-state index < -0.39 is 0 Å². The zero-order valence-electron chi connectivity index (χ0n) is 11.2. The van der Waals surface area contributed by atoms with Crippen molar-refractivity contribution in [2.45, 2.75) is 20.8 Å². The van der Waals surface area contributed by atoms with Gasteiger partial charge in [-0.3, -0.25) is 4.79 Å². The fourth-order valence-corrected chi connectivity index (χ4v) is 1.46. The lowest BCUT2D eigenvalue weighted by Gasteiger charge is -2.11. The Labute approximate surface area is 108 Å². The fraction of sp³-hybridized carbons (Fsp3) is 0.357. The van der Waals surface area contributed by atoms with Crippen LogP contribution in [0.4, 0.5) is 5.69 Å². The largest absolute Gasteiger partial charge is 0.493 e. The Morgan fingerprint density at radius 1 is 1.33 bits per heavy atom. The molecule has 4 heteroatoms. The van der Waals surface area contributed by atoms with Gasteiger partial charge in [0.1, 0.15) is 0 Å². The summed E-state index contributed by atoms with van der Waals surface area (Å²) >= 11 is 0. The minimum Gasteiger partial charge on any atom is -0.493 e. The topological polar surface area (TPSA) is 47.6 Å². The van der Waals surface area contributed by atoms with Gasteiger partial charge in [0.2, 0.25) is 5.91 Å². The number of rotatable bonds is 5. The highest BCUT2D eigenvalue weighted by molar-refractivity contribution is 5.99. The number of carbonyl (C=O) groups is 1. The van der Waals surface area contributed by atoms with E-state index in [-0.39, 0.29) is 5.91 Å². The molecule has 0 bridgehead atoms. The maximum atomic E-state index is 11.6. The minimum absolute atomic E-state index is 0.152. The van der Waals surface area contributed by atoms with Crippen molar-refractivity contribution >= 4 is 11.6 Å². The Morgan fingerprint density at radius 2 is 2.06 bits per heavy atom. The van der Waals surface area contributed by atoms with Crippen molar-refractivity contribution in [2.24, 2.45) is 0 Å². The van der Waals surface area contributed by atoms with Crippen molar-refractivity contribution in [3.05, 3.63) is 29.8 Å². The molecule has 98 valence electrons. The molecule has 0 radical (unpaired) electrons. The van der Waals surface area contributed by atoms with E-state index in [1.165, 1.54) is 0 Å². The Hall–Kier alpha value is -1.97. The van der Waals surface area contributed by atoms with E-state index >= 15 is 0 Å². The second kappa shape index (κ2) is 6.69. The fourth-order valence-electron chi connectivity index (χ4n) is 1.46. The monoisotopic (exact) mass is 249 g/mol. The molecule has 0 saturated carbocycles. The second-order valence-corrected chi connectivity index (χ2v) is 4.01. The molecule has 0 aliphatic heterocycles. The van der Waals surface area contributed by atoms with Crippen LogP contribution in [0.1, 0.15) is 20.8 Å². The van der Waals surface area contributed by atoms with Gasteiger partial charge in [0.25, 0.3) is 0 Å². The van der Waals surface area contributed by atoms with E-state index in [0.717, 1.165) is 5.57 Å². The number of methoxy groups -OCH3 is 1. The van der Waals surface area contributed by atoms with Crippen molar-refractivity contribution in [1.29, 1.82) is 0 Å². The van der Waals surface area contributed by atoms with E-state index in [9.17, 15) is 4.79 Å². The third-order valence-corrected chi connectivity index (χ3v) is 2.15. The van der Waals surface area contributed by atoms with Crippen molar-refractivity contribution in [3.8, 4) is 11.5 Å². The molecule has 0 saturated heterocycles. The smallest absolute Gasteiger partial charge is 0.248 e. The van der Waals surface area contributed by atoms with E-state index in [4.69, 9.17) is 9.47 Å². The number of ether oxygens (including phenoxy) is 2. The molecule has 1 aromatic carbocycles. The summed E-state index contributed by atoms with van der Waals surface area (Å²) in [6, 6.07) is 5.30. The number of carbonyl (C=O) groups excluding carboxylic acids is 1. The number of hydrogen-bond donors (Lipinski definition) is 1. The molecule has 1 aromatic rings. The zero-order valence-corrected chi connectivity index (χ0v) is 11.2. The van der Waals surface area contributed by atoms with Crippen LogP contribution in [-0.2, 0) is 4.79 Å². The van der Waals surface area contributed by atoms with Gasteiger partial charge in [0.15, 0.2) is 11.5 Å². The summed E-state index contributed by atoms with van der Waals surface area (Å²) in [5.41, 5.74) is 1.63. The van der Waals surface area contributed by atoms with Gasteiger partial charge in [0, 0.05) is 17.8 Å². The van der Waals surface area contributed by atoms with Crippen molar-refractivity contribution in [1.82, 2.24) is 0 Å². The SMILES string of the molecule is CCOc1ccc(NC(=O)C=C(C)C)cc1OC. The lowest BCUT2D eigenvalue weighted by molar-refractivity contribution is -0.111. The predicted octanol–water partition coefficient (Wildman–Crippen LogP) is 3.00. The number of allylic oxidation sites excluding steroid dienone is 1. The zero-order chi connectivity index (χ0) is 13.5. The Bertz CT molecular complexity index is 448. The molecular weight excluding hydrogens is 230 g/mol. The normalized spacial score (nSPS) is 9.56. The third-order valence-electron chi connectivity index (χ3n) is 2.15. The molecule has 0 aliphatic carbocycles. The molecule has 0 aliphatic rings. The summed E-state index contributed by atoms with van der Waals surface area (Å²) in [6.07, 6.45) is 1.54. The van der Waals surface area contributed by atoms with Gasteiger partial charge in [-0.1, -0.05) is 5.57 Å². The van der Waals surface area contributed by atoms with Gasteiger partial charge >= 0.3 is 0 Å². The van der Waals surface area contributed by atoms with Crippen LogP contribution in [0.2, 0.25) is 0 Å². The van der Waals surface area contributed by atoms with Crippen LogP contribution in [0.15, 0.2) is 29.8 Å². The molecule has 0 fully saturated rings.